The highest BCUT2D eigenvalue weighted by atomic mass is 35.7. The van der Waals surface area contributed by atoms with Gasteiger partial charge >= 0.3 is 0 Å². The van der Waals surface area contributed by atoms with E-state index < -0.39 is 37.4 Å². The molecular formula is C7H2ClF3N2O2S. The quantitative estimate of drug-likeness (QED) is 0.770. The van der Waals surface area contributed by atoms with Gasteiger partial charge in [-0.1, -0.05) is 0 Å². The Morgan fingerprint density at radius 2 is 2.06 bits per heavy atom. The Hall–Kier alpha value is -1.33. The lowest BCUT2D eigenvalue weighted by molar-refractivity contribution is 0.145. The van der Waals surface area contributed by atoms with Gasteiger partial charge in [0.2, 0.25) is 0 Å². The molecule has 1 rings (SSSR count). The van der Waals surface area contributed by atoms with E-state index in [-0.39, 0.29) is 6.20 Å². The highest BCUT2D eigenvalue weighted by molar-refractivity contribution is 8.13. The van der Waals surface area contributed by atoms with Crippen molar-refractivity contribution in [2.45, 2.75) is 11.5 Å². The molecule has 0 aliphatic carbocycles. The first-order chi connectivity index (χ1) is 7.29. The lowest BCUT2D eigenvalue weighted by Crippen LogP contribution is -2.06. The van der Waals surface area contributed by atoms with Gasteiger partial charge in [-0.3, -0.25) is 0 Å². The average Bonchev–Trinajstić information content (AvgIpc) is 2.14. The summed E-state index contributed by atoms with van der Waals surface area (Å²) in [4.78, 5) is 3.01. The van der Waals surface area contributed by atoms with Gasteiger partial charge in [-0.2, -0.15) is 5.26 Å². The second-order valence-corrected chi connectivity index (χ2v) is 5.03. The molecule has 0 bridgehead atoms. The van der Waals surface area contributed by atoms with Crippen LogP contribution in [-0.2, 0) is 9.05 Å². The Balaban J connectivity index is 3.72. The zero-order valence-corrected chi connectivity index (χ0v) is 8.86. The lowest BCUT2D eigenvalue weighted by atomic mass is 10.1. The van der Waals surface area contributed by atoms with Crippen LogP contribution in [0.1, 0.15) is 17.6 Å². The molecule has 0 atom stereocenters. The average molecular weight is 271 g/mol. The molecule has 0 N–H and O–H groups in total. The molecule has 0 amide bonds. The van der Waals surface area contributed by atoms with Crippen molar-refractivity contribution >= 4 is 19.7 Å². The number of hydrogen-bond donors (Lipinski definition) is 0. The highest BCUT2D eigenvalue weighted by Gasteiger charge is 2.27. The molecule has 4 nitrogen and oxygen atoms in total. The first kappa shape index (κ1) is 12.7. The molecule has 0 saturated heterocycles. The molecule has 0 spiro atoms. The minimum Gasteiger partial charge on any atom is -0.239 e. The summed E-state index contributed by atoms with van der Waals surface area (Å²) in [6, 6.07) is 1.15. The number of nitrogens with zero attached hydrogens (tertiary/aromatic N) is 2. The highest BCUT2D eigenvalue weighted by Crippen LogP contribution is 2.29. The molecule has 0 saturated carbocycles. The van der Waals surface area contributed by atoms with Crippen molar-refractivity contribution in [1.82, 2.24) is 4.98 Å². The normalized spacial score (nSPS) is 11.5. The second-order valence-electron chi connectivity index (χ2n) is 2.55. The van der Waals surface area contributed by atoms with Crippen LogP contribution >= 0.6 is 10.7 Å². The summed E-state index contributed by atoms with van der Waals surface area (Å²) in [6.45, 7) is 0. The molecule has 0 fully saturated rings. The number of alkyl halides is 2. The van der Waals surface area contributed by atoms with Crippen molar-refractivity contribution in [3.8, 4) is 6.07 Å². The Morgan fingerprint density at radius 3 is 2.44 bits per heavy atom. The van der Waals surface area contributed by atoms with Crippen LogP contribution in [0.25, 0.3) is 0 Å². The van der Waals surface area contributed by atoms with Crippen LogP contribution in [0.4, 0.5) is 13.2 Å². The summed E-state index contributed by atoms with van der Waals surface area (Å²) < 4.78 is 59.5. The van der Waals surface area contributed by atoms with Gasteiger partial charge in [0.25, 0.3) is 15.5 Å². The van der Waals surface area contributed by atoms with Gasteiger partial charge in [-0.05, 0) is 0 Å². The number of aromatic nitrogens is 1. The standard InChI is InChI=1S/C7H2ClF3N2O2S/c8-16(14,15)7-3(1-12)5(6(10)11)4(9)2-13-7/h2,6H. The van der Waals surface area contributed by atoms with Crippen molar-refractivity contribution in [2.75, 3.05) is 0 Å². The summed E-state index contributed by atoms with van der Waals surface area (Å²) in [7, 11) is 0.383. The second kappa shape index (κ2) is 4.27. The minimum atomic E-state index is -4.48. The molecular weight excluding hydrogens is 269 g/mol. The zero-order chi connectivity index (χ0) is 12.5. The monoisotopic (exact) mass is 270 g/mol. The molecule has 0 radical (unpaired) electrons. The molecule has 16 heavy (non-hydrogen) atoms. The summed E-state index contributed by atoms with van der Waals surface area (Å²) >= 11 is 0. The van der Waals surface area contributed by atoms with E-state index in [2.05, 4.69) is 4.98 Å². The van der Waals surface area contributed by atoms with E-state index in [1.54, 1.807) is 0 Å². The van der Waals surface area contributed by atoms with Gasteiger partial charge in [-0.15, -0.1) is 0 Å². The maximum atomic E-state index is 12.9. The van der Waals surface area contributed by atoms with Gasteiger partial charge in [0.05, 0.1) is 11.8 Å². The molecule has 1 aromatic heterocycles. The van der Waals surface area contributed by atoms with Gasteiger partial charge in [-0.25, -0.2) is 26.6 Å². The van der Waals surface area contributed by atoms with Crippen LogP contribution in [-0.4, -0.2) is 13.4 Å². The van der Waals surface area contributed by atoms with E-state index >= 15 is 0 Å². The van der Waals surface area contributed by atoms with E-state index in [0.29, 0.717) is 0 Å². The number of rotatable bonds is 2. The Labute approximate surface area is 92.7 Å². The number of pyridine rings is 1. The smallest absolute Gasteiger partial charge is 0.239 e. The fourth-order valence-electron chi connectivity index (χ4n) is 0.990. The summed E-state index contributed by atoms with van der Waals surface area (Å²) in [6.07, 6.45) is -3.06. The van der Waals surface area contributed by atoms with Crippen LogP contribution in [0.3, 0.4) is 0 Å². The summed E-state index contributed by atoms with van der Waals surface area (Å²) in [5.41, 5.74) is -2.40. The predicted octanol–water partition coefficient (Wildman–Crippen LogP) is 1.96. The lowest BCUT2D eigenvalue weighted by Gasteiger charge is -2.06. The van der Waals surface area contributed by atoms with E-state index in [4.69, 9.17) is 15.9 Å². The molecule has 0 aliphatic heterocycles. The zero-order valence-electron chi connectivity index (χ0n) is 7.29. The van der Waals surface area contributed by atoms with Crippen molar-refractivity contribution < 1.29 is 21.6 Å². The third-order valence-corrected chi connectivity index (χ3v) is 2.81. The Bertz CT molecular complexity index is 568. The fraction of sp³-hybridized carbons (Fsp3) is 0.143. The van der Waals surface area contributed by atoms with Crippen LogP contribution in [0, 0.1) is 17.1 Å². The summed E-state index contributed by atoms with van der Waals surface area (Å²) in [5.74, 6) is -1.46. The summed E-state index contributed by atoms with van der Waals surface area (Å²) in [5, 5.41) is 7.45. The van der Waals surface area contributed by atoms with Crippen LogP contribution in [0.15, 0.2) is 11.2 Å². The Morgan fingerprint density at radius 1 is 1.50 bits per heavy atom. The van der Waals surface area contributed by atoms with Gasteiger partial charge in [0, 0.05) is 10.7 Å². The van der Waals surface area contributed by atoms with E-state index in [9.17, 15) is 21.6 Å². The third-order valence-electron chi connectivity index (χ3n) is 1.60. The molecule has 0 aromatic carbocycles. The Kier molecular flexibility index (Phi) is 3.40. The number of hydrogen-bond acceptors (Lipinski definition) is 4. The van der Waals surface area contributed by atoms with E-state index in [1.165, 1.54) is 0 Å². The molecule has 1 heterocycles. The fourth-order valence-corrected chi connectivity index (χ4v) is 1.92. The maximum Gasteiger partial charge on any atom is 0.280 e. The van der Waals surface area contributed by atoms with Gasteiger partial charge < -0.3 is 0 Å². The van der Waals surface area contributed by atoms with E-state index in [0.717, 1.165) is 6.07 Å². The maximum absolute atomic E-state index is 12.9. The predicted molar refractivity (Wildman–Crippen MR) is 46.9 cm³/mol. The molecule has 0 unspecified atom stereocenters. The molecule has 9 heteroatoms. The van der Waals surface area contributed by atoms with Crippen molar-refractivity contribution in [2.24, 2.45) is 0 Å². The van der Waals surface area contributed by atoms with Crippen molar-refractivity contribution in [3.63, 3.8) is 0 Å². The minimum absolute atomic E-state index is 0.275. The molecule has 1 aromatic rings. The van der Waals surface area contributed by atoms with Crippen LogP contribution < -0.4 is 0 Å². The topological polar surface area (TPSA) is 70.8 Å². The first-order valence-electron chi connectivity index (χ1n) is 3.60. The SMILES string of the molecule is N#Cc1c(S(=O)(=O)Cl)ncc(F)c1C(F)F. The van der Waals surface area contributed by atoms with Crippen LogP contribution in [0.5, 0.6) is 0 Å². The third kappa shape index (κ3) is 2.25. The van der Waals surface area contributed by atoms with Gasteiger partial charge in [0.1, 0.15) is 11.6 Å². The number of nitriles is 1. The largest absolute Gasteiger partial charge is 0.280 e. The van der Waals surface area contributed by atoms with E-state index in [1.807, 2.05) is 0 Å². The van der Waals surface area contributed by atoms with Crippen LogP contribution in [0.2, 0.25) is 0 Å². The molecule has 86 valence electrons. The van der Waals surface area contributed by atoms with Crippen molar-refractivity contribution in [1.29, 1.82) is 5.26 Å². The van der Waals surface area contributed by atoms with Crippen molar-refractivity contribution in [3.05, 3.63) is 23.1 Å². The van der Waals surface area contributed by atoms with Gasteiger partial charge in [0.15, 0.2) is 10.8 Å². The first-order valence-corrected chi connectivity index (χ1v) is 5.91. The number of halogens is 4. The molecule has 0 aliphatic rings.